The highest BCUT2D eigenvalue weighted by Gasteiger charge is 2.32. The van der Waals surface area contributed by atoms with Gasteiger partial charge < -0.3 is 16.0 Å². The first-order valence-corrected chi connectivity index (χ1v) is 10.2. The van der Waals surface area contributed by atoms with E-state index in [0.29, 0.717) is 31.0 Å². The first-order valence-electron chi connectivity index (χ1n) is 9.81. The Morgan fingerprint density at radius 1 is 1.19 bits per heavy atom. The third-order valence-corrected chi connectivity index (χ3v) is 5.55. The summed E-state index contributed by atoms with van der Waals surface area (Å²) >= 11 is 6.23. The molecule has 4 rings (SSSR count). The highest BCUT2D eigenvalue weighted by molar-refractivity contribution is 6.34. The molecule has 0 bridgehead atoms. The molecule has 1 saturated heterocycles. The van der Waals surface area contributed by atoms with E-state index in [1.165, 1.54) is 12.3 Å². The fourth-order valence-electron chi connectivity index (χ4n) is 3.62. The average Bonchev–Trinajstić information content (AvgIpc) is 2.79. The number of nitrogens with zero attached hydrogens (tertiary/aromatic N) is 3. The SMILES string of the molecule is Nc1ncccc1C(=O)c1nc(N2CCNC(c3cccc(C(F)(F)F)c3)C2)ccc1Cl. The molecule has 1 aliphatic rings. The Bertz CT molecular complexity index is 1150. The number of nitrogens with two attached hydrogens (primary N) is 1. The van der Waals surface area contributed by atoms with Crippen LogP contribution in [0.3, 0.4) is 0 Å². The van der Waals surface area contributed by atoms with Gasteiger partial charge in [-0.25, -0.2) is 9.97 Å². The zero-order chi connectivity index (χ0) is 22.9. The van der Waals surface area contributed by atoms with Crippen molar-refractivity contribution in [3.8, 4) is 0 Å². The van der Waals surface area contributed by atoms with Gasteiger partial charge >= 0.3 is 6.18 Å². The summed E-state index contributed by atoms with van der Waals surface area (Å²) in [6, 6.07) is 11.3. The molecule has 3 N–H and O–H groups in total. The number of carbonyl (C=O) groups excluding carboxylic acids is 1. The van der Waals surface area contributed by atoms with Crippen LogP contribution in [-0.4, -0.2) is 35.4 Å². The molecular formula is C22H19ClF3N5O. The number of nitrogens with one attached hydrogen (secondary N) is 1. The van der Waals surface area contributed by atoms with Crippen molar-refractivity contribution in [1.29, 1.82) is 0 Å². The van der Waals surface area contributed by atoms with E-state index in [9.17, 15) is 18.0 Å². The predicted octanol–water partition coefficient (Wildman–Crippen LogP) is 4.11. The number of rotatable bonds is 4. The minimum atomic E-state index is -4.41. The number of halogens is 4. The van der Waals surface area contributed by atoms with Crippen LogP contribution in [0.2, 0.25) is 5.02 Å². The van der Waals surface area contributed by atoms with E-state index in [4.69, 9.17) is 17.3 Å². The Kier molecular flexibility index (Phi) is 6.03. The van der Waals surface area contributed by atoms with E-state index < -0.39 is 17.5 Å². The molecule has 3 aromatic rings. The quantitative estimate of drug-likeness (QED) is 0.569. The van der Waals surface area contributed by atoms with Crippen LogP contribution < -0.4 is 16.0 Å². The molecule has 2 aromatic heterocycles. The molecule has 166 valence electrons. The Hall–Kier alpha value is -3.17. The van der Waals surface area contributed by atoms with E-state index in [1.807, 2.05) is 4.90 Å². The molecular weight excluding hydrogens is 443 g/mol. The topological polar surface area (TPSA) is 84.1 Å². The van der Waals surface area contributed by atoms with Gasteiger partial charge in [-0.3, -0.25) is 4.79 Å². The summed E-state index contributed by atoms with van der Waals surface area (Å²) in [7, 11) is 0. The molecule has 1 atom stereocenters. The van der Waals surface area contributed by atoms with Crippen molar-refractivity contribution in [1.82, 2.24) is 15.3 Å². The van der Waals surface area contributed by atoms with Crippen LogP contribution in [0.4, 0.5) is 24.8 Å². The fourth-order valence-corrected chi connectivity index (χ4v) is 3.81. The molecule has 0 amide bonds. The second-order valence-corrected chi connectivity index (χ2v) is 7.75. The Balaban J connectivity index is 1.60. The van der Waals surface area contributed by atoms with E-state index in [-0.39, 0.29) is 28.1 Å². The van der Waals surface area contributed by atoms with Crippen LogP contribution in [0.5, 0.6) is 0 Å². The van der Waals surface area contributed by atoms with Crippen molar-refractivity contribution in [3.05, 3.63) is 82.1 Å². The Morgan fingerprint density at radius 3 is 2.75 bits per heavy atom. The number of hydrogen-bond donors (Lipinski definition) is 2. The van der Waals surface area contributed by atoms with E-state index in [1.54, 1.807) is 30.3 Å². The fraction of sp³-hybridized carbons (Fsp3) is 0.227. The molecule has 32 heavy (non-hydrogen) atoms. The molecule has 3 heterocycles. The summed E-state index contributed by atoms with van der Waals surface area (Å²) < 4.78 is 39.3. The van der Waals surface area contributed by atoms with Crippen molar-refractivity contribution < 1.29 is 18.0 Å². The maximum Gasteiger partial charge on any atom is 0.416 e. The van der Waals surface area contributed by atoms with Crippen LogP contribution >= 0.6 is 11.6 Å². The molecule has 0 spiro atoms. The maximum atomic E-state index is 13.1. The van der Waals surface area contributed by atoms with Gasteiger partial charge in [-0.1, -0.05) is 23.7 Å². The van der Waals surface area contributed by atoms with Gasteiger partial charge in [0.25, 0.3) is 0 Å². The first kappa shape index (κ1) is 22.0. The number of anilines is 2. The number of aromatic nitrogens is 2. The van der Waals surface area contributed by atoms with Crippen LogP contribution in [-0.2, 0) is 6.18 Å². The van der Waals surface area contributed by atoms with Crippen LogP contribution in [0, 0.1) is 0 Å². The average molecular weight is 462 g/mol. The predicted molar refractivity (Wildman–Crippen MR) is 116 cm³/mol. The number of benzene rings is 1. The normalized spacial score (nSPS) is 16.8. The highest BCUT2D eigenvalue weighted by Crippen LogP contribution is 2.32. The number of pyridine rings is 2. The minimum Gasteiger partial charge on any atom is -0.383 e. The van der Waals surface area contributed by atoms with Crippen molar-refractivity contribution in [3.63, 3.8) is 0 Å². The summed E-state index contributed by atoms with van der Waals surface area (Å²) in [6.07, 6.45) is -2.93. The van der Waals surface area contributed by atoms with E-state index >= 15 is 0 Å². The molecule has 6 nitrogen and oxygen atoms in total. The summed E-state index contributed by atoms with van der Waals surface area (Å²) in [5.74, 6) is 0.123. The van der Waals surface area contributed by atoms with Crippen LogP contribution in [0.1, 0.15) is 33.2 Å². The summed E-state index contributed by atoms with van der Waals surface area (Å²) in [5, 5.41) is 3.41. The number of nitrogen functional groups attached to an aromatic ring is 1. The standard InChI is InChI=1S/C22H19ClF3N5O/c23-16-6-7-18(30-19(16)20(32)15-5-2-8-29-21(15)27)31-10-9-28-17(12-31)13-3-1-4-14(11-13)22(24,25)26/h1-8,11,17,28H,9-10,12H2,(H2,27,29). The zero-order valence-electron chi connectivity index (χ0n) is 16.7. The lowest BCUT2D eigenvalue weighted by atomic mass is 10.0. The summed E-state index contributed by atoms with van der Waals surface area (Å²) in [5.41, 5.74) is 5.88. The molecule has 1 aliphatic heterocycles. The van der Waals surface area contributed by atoms with Crippen LogP contribution in [0.15, 0.2) is 54.7 Å². The number of alkyl halides is 3. The lowest BCUT2D eigenvalue weighted by Gasteiger charge is -2.35. The number of hydrogen-bond acceptors (Lipinski definition) is 6. The van der Waals surface area contributed by atoms with Crippen molar-refractivity contribution in [2.45, 2.75) is 12.2 Å². The van der Waals surface area contributed by atoms with Gasteiger partial charge in [0.05, 0.1) is 16.1 Å². The Labute approximate surface area is 187 Å². The second-order valence-electron chi connectivity index (χ2n) is 7.34. The highest BCUT2D eigenvalue weighted by atomic mass is 35.5. The van der Waals surface area contributed by atoms with Gasteiger partial charge in [-0.05, 0) is 42.0 Å². The van der Waals surface area contributed by atoms with Crippen molar-refractivity contribution in [2.24, 2.45) is 0 Å². The number of carbonyl (C=O) groups is 1. The van der Waals surface area contributed by atoms with Gasteiger partial charge in [0.2, 0.25) is 5.78 Å². The number of ketones is 1. The summed E-state index contributed by atoms with van der Waals surface area (Å²) in [6.45, 7) is 1.47. The third kappa shape index (κ3) is 4.53. The molecule has 1 unspecified atom stereocenters. The minimum absolute atomic E-state index is 0.0398. The lowest BCUT2D eigenvalue weighted by Crippen LogP contribution is -2.46. The molecule has 10 heteroatoms. The summed E-state index contributed by atoms with van der Waals surface area (Å²) in [4.78, 5) is 23.2. The smallest absolute Gasteiger partial charge is 0.383 e. The van der Waals surface area contributed by atoms with E-state index in [0.717, 1.165) is 12.1 Å². The molecule has 0 aliphatic carbocycles. The van der Waals surface area contributed by atoms with Gasteiger partial charge in [0.1, 0.15) is 17.3 Å². The maximum absolute atomic E-state index is 13.1. The molecule has 1 fully saturated rings. The van der Waals surface area contributed by atoms with Crippen LogP contribution in [0.25, 0.3) is 0 Å². The molecule has 0 saturated carbocycles. The molecule has 1 aromatic carbocycles. The first-order chi connectivity index (χ1) is 15.2. The molecule has 0 radical (unpaired) electrons. The Morgan fingerprint density at radius 2 is 2.00 bits per heavy atom. The van der Waals surface area contributed by atoms with Gasteiger partial charge in [0, 0.05) is 31.9 Å². The lowest BCUT2D eigenvalue weighted by molar-refractivity contribution is -0.137. The third-order valence-electron chi connectivity index (χ3n) is 5.25. The van der Waals surface area contributed by atoms with E-state index in [2.05, 4.69) is 15.3 Å². The van der Waals surface area contributed by atoms with Crippen molar-refractivity contribution >= 4 is 29.0 Å². The van der Waals surface area contributed by atoms with Gasteiger partial charge in [0.15, 0.2) is 0 Å². The number of piperazine rings is 1. The zero-order valence-corrected chi connectivity index (χ0v) is 17.5. The van der Waals surface area contributed by atoms with Gasteiger partial charge in [-0.2, -0.15) is 13.2 Å². The van der Waals surface area contributed by atoms with Crippen molar-refractivity contribution in [2.75, 3.05) is 30.3 Å². The van der Waals surface area contributed by atoms with Gasteiger partial charge in [-0.15, -0.1) is 0 Å². The second kappa shape index (κ2) is 8.76. The largest absolute Gasteiger partial charge is 0.416 e. The monoisotopic (exact) mass is 461 g/mol.